The second-order valence-electron chi connectivity index (χ2n) is 4.55. The molecule has 5 heteroatoms. The summed E-state index contributed by atoms with van der Waals surface area (Å²) in [5.41, 5.74) is 0.859. The Morgan fingerprint density at radius 3 is 3.00 bits per heavy atom. The molecule has 0 fully saturated rings. The number of nitrogens with one attached hydrogen (secondary N) is 1. The van der Waals surface area contributed by atoms with Gasteiger partial charge in [0.15, 0.2) is 0 Å². The minimum Gasteiger partial charge on any atom is -0.382 e. The van der Waals surface area contributed by atoms with Gasteiger partial charge in [-0.05, 0) is 32.0 Å². The topological polar surface area (TPSA) is 56.1 Å². The van der Waals surface area contributed by atoms with Gasteiger partial charge in [0.05, 0.1) is 18.3 Å². The molecule has 0 unspecified atom stereocenters. The third-order valence-electron chi connectivity index (χ3n) is 3.11. The molecule has 1 N–H and O–H groups in total. The summed E-state index contributed by atoms with van der Waals surface area (Å²) >= 11 is 0. The van der Waals surface area contributed by atoms with E-state index in [1.807, 2.05) is 35.9 Å². The van der Waals surface area contributed by atoms with Crippen molar-refractivity contribution >= 4 is 10.9 Å². The zero-order valence-corrected chi connectivity index (χ0v) is 11.8. The highest BCUT2D eigenvalue weighted by Gasteiger charge is 2.02. The molecule has 108 valence electrons. The van der Waals surface area contributed by atoms with E-state index in [0.717, 1.165) is 50.2 Å². The van der Waals surface area contributed by atoms with Crippen molar-refractivity contribution in [2.75, 3.05) is 26.3 Å². The van der Waals surface area contributed by atoms with Crippen molar-refractivity contribution in [3.63, 3.8) is 0 Å². The number of rotatable bonds is 8. The molecule has 0 aliphatic carbocycles. The molecule has 0 saturated carbocycles. The third kappa shape index (κ3) is 3.88. The van der Waals surface area contributed by atoms with Gasteiger partial charge in [-0.25, -0.2) is 0 Å². The maximum atomic E-state index is 11.7. The van der Waals surface area contributed by atoms with Crippen LogP contribution in [0.4, 0.5) is 0 Å². The normalized spacial score (nSPS) is 11.1. The highest BCUT2D eigenvalue weighted by molar-refractivity contribution is 5.77. The quantitative estimate of drug-likeness (QED) is 0.740. The van der Waals surface area contributed by atoms with Crippen LogP contribution >= 0.6 is 0 Å². The Morgan fingerprint density at radius 1 is 1.30 bits per heavy atom. The molecule has 0 aliphatic rings. The summed E-state index contributed by atoms with van der Waals surface area (Å²) in [7, 11) is 0. The van der Waals surface area contributed by atoms with E-state index in [4.69, 9.17) is 4.74 Å². The van der Waals surface area contributed by atoms with Gasteiger partial charge < -0.3 is 10.1 Å². The first kappa shape index (κ1) is 14.7. The van der Waals surface area contributed by atoms with E-state index in [-0.39, 0.29) is 5.43 Å². The molecule has 5 nitrogen and oxygen atoms in total. The van der Waals surface area contributed by atoms with Gasteiger partial charge in [-0.15, -0.1) is 0 Å². The van der Waals surface area contributed by atoms with E-state index in [2.05, 4.69) is 10.4 Å². The number of ether oxygens (including phenoxy) is 1. The van der Waals surface area contributed by atoms with Crippen LogP contribution in [0, 0.1) is 0 Å². The first-order valence-electron chi connectivity index (χ1n) is 7.06. The summed E-state index contributed by atoms with van der Waals surface area (Å²) in [6, 6.07) is 7.57. The predicted octanol–water partition coefficient (Wildman–Crippen LogP) is 1.41. The van der Waals surface area contributed by atoms with Crippen LogP contribution in [0.3, 0.4) is 0 Å². The van der Waals surface area contributed by atoms with Crippen molar-refractivity contribution in [2.45, 2.75) is 19.9 Å². The van der Waals surface area contributed by atoms with Gasteiger partial charge in [0.2, 0.25) is 5.43 Å². The lowest BCUT2D eigenvalue weighted by atomic mass is 10.2. The molecule has 2 rings (SSSR count). The summed E-state index contributed by atoms with van der Waals surface area (Å²) in [6.07, 6.45) is 2.39. The first-order chi connectivity index (χ1) is 9.83. The second kappa shape index (κ2) is 7.77. The Balaban J connectivity index is 1.88. The molecular formula is C15H21N3O2. The van der Waals surface area contributed by atoms with Crippen LogP contribution in [-0.2, 0) is 11.3 Å². The van der Waals surface area contributed by atoms with Crippen LogP contribution in [-0.4, -0.2) is 36.1 Å². The fraction of sp³-hybridized carbons (Fsp3) is 0.467. The second-order valence-corrected chi connectivity index (χ2v) is 4.55. The lowest BCUT2D eigenvalue weighted by molar-refractivity contribution is 0.145. The summed E-state index contributed by atoms with van der Waals surface area (Å²) in [4.78, 5) is 11.7. The van der Waals surface area contributed by atoms with E-state index in [1.54, 1.807) is 0 Å². The molecule has 0 saturated heterocycles. The minimum atomic E-state index is -0.0264. The van der Waals surface area contributed by atoms with Gasteiger partial charge in [0, 0.05) is 25.1 Å². The van der Waals surface area contributed by atoms with Crippen LogP contribution in [0.15, 0.2) is 35.3 Å². The molecule has 20 heavy (non-hydrogen) atoms. The van der Waals surface area contributed by atoms with Crippen molar-refractivity contribution < 1.29 is 4.74 Å². The molecule has 1 heterocycles. The van der Waals surface area contributed by atoms with E-state index in [9.17, 15) is 4.79 Å². The number of fused-ring (bicyclic) bond motifs is 1. The summed E-state index contributed by atoms with van der Waals surface area (Å²) in [5, 5.41) is 8.27. The molecule has 0 atom stereocenters. The molecule has 0 bridgehead atoms. The number of nitrogens with zero attached hydrogens (tertiary/aromatic N) is 2. The number of hydrogen-bond acceptors (Lipinski definition) is 4. The van der Waals surface area contributed by atoms with Crippen LogP contribution in [0.2, 0.25) is 0 Å². The highest BCUT2D eigenvalue weighted by atomic mass is 16.5. The monoisotopic (exact) mass is 275 g/mol. The molecule has 0 spiro atoms. The first-order valence-corrected chi connectivity index (χ1v) is 7.06. The van der Waals surface area contributed by atoms with Crippen molar-refractivity contribution in [1.29, 1.82) is 0 Å². The van der Waals surface area contributed by atoms with Gasteiger partial charge in [-0.1, -0.05) is 12.1 Å². The minimum absolute atomic E-state index is 0.0264. The summed E-state index contributed by atoms with van der Waals surface area (Å²) in [5.74, 6) is 0. The Labute approximate surface area is 118 Å². The SMILES string of the molecule is CCOCCCNCCn1ncc(=O)c2ccccc21. The highest BCUT2D eigenvalue weighted by Crippen LogP contribution is 2.07. The van der Waals surface area contributed by atoms with E-state index in [0.29, 0.717) is 0 Å². The van der Waals surface area contributed by atoms with Crippen LogP contribution in [0.5, 0.6) is 0 Å². The maximum absolute atomic E-state index is 11.7. The number of hydrogen-bond donors (Lipinski definition) is 1. The van der Waals surface area contributed by atoms with Crippen LogP contribution in [0.1, 0.15) is 13.3 Å². The van der Waals surface area contributed by atoms with Gasteiger partial charge in [-0.2, -0.15) is 5.10 Å². The Kier molecular flexibility index (Phi) is 5.70. The van der Waals surface area contributed by atoms with Crippen molar-refractivity contribution in [3.8, 4) is 0 Å². The van der Waals surface area contributed by atoms with Gasteiger partial charge in [-0.3, -0.25) is 9.48 Å². The largest absolute Gasteiger partial charge is 0.382 e. The van der Waals surface area contributed by atoms with Crippen LogP contribution < -0.4 is 10.7 Å². The maximum Gasteiger partial charge on any atom is 0.207 e. The Bertz CT molecular complexity index is 595. The number of benzene rings is 1. The number of aromatic nitrogens is 2. The fourth-order valence-electron chi connectivity index (χ4n) is 2.09. The zero-order chi connectivity index (χ0) is 14.2. The van der Waals surface area contributed by atoms with E-state index < -0.39 is 0 Å². The van der Waals surface area contributed by atoms with Gasteiger partial charge >= 0.3 is 0 Å². The van der Waals surface area contributed by atoms with Gasteiger partial charge in [0.1, 0.15) is 0 Å². The molecule has 0 amide bonds. The third-order valence-corrected chi connectivity index (χ3v) is 3.11. The lowest BCUT2D eigenvalue weighted by Crippen LogP contribution is -2.24. The van der Waals surface area contributed by atoms with Crippen molar-refractivity contribution in [1.82, 2.24) is 15.1 Å². The lowest BCUT2D eigenvalue weighted by Gasteiger charge is -2.10. The molecule has 1 aromatic heterocycles. The molecule has 0 radical (unpaired) electrons. The Hall–Kier alpha value is -1.72. The Morgan fingerprint density at radius 2 is 2.15 bits per heavy atom. The smallest absolute Gasteiger partial charge is 0.207 e. The van der Waals surface area contributed by atoms with Crippen LogP contribution in [0.25, 0.3) is 10.9 Å². The molecule has 2 aromatic rings. The van der Waals surface area contributed by atoms with E-state index in [1.165, 1.54) is 6.20 Å². The summed E-state index contributed by atoms with van der Waals surface area (Å²) in [6.45, 7) is 6.07. The van der Waals surface area contributed by atoms with Crippen molar-refractivity contribution in [3.05, 3.63) is 40.7 Å². The standard InChI is InChI=1S/C15H21N3O2/c1-2-20-11-5-8-16-9-10-18-14-7-4-3-6-13(14)15(19)12-17-18/h3-4,6-7,12,16H,2,5,8-11H2,1H3. The average molecular weight is 275 g/mol. The number of para-hydroxylation sites is 1. The molecule has 0 aliphatic heterocycles. The zero-order valence-electron chi connectivity index (χ0n) is 11.8. The summed E-state index contributed by atoms with van der Waals surface area (Å²) < 4.78 is 7.14. The molecular weight excluding hydrogens is 254 g/mol. The van der Waals surface area contributed by atoms with Crippen molar-refractivity contribution in [2.24, 2.45) is 0 Å². The molecule has 1 aromatic carbocycles. The average Bonchev–Trinajstić information content (AvgIpc) is 2.49. The van der Waals surface area contributed by atoms with Gasteiger partial charge in [0.25, 0.3) is 0 Å². The fourth-order valence-corrected chi connectivity index (χ4v) is 2.09. The predicted molar refractivity (Wildman–Crippen MR) is 80.0 cm³/mol. The van der Waals surface area contributed by atoms with E-state index >= 15 is 0 Å².